The molecule has 2 atom stereocenters. The van der Waals surface area contributed by atoms with E-state index < -0.39 is 29.0 Å². The maximum atomic E-state index is 13.7. The molecule has 33 heavy (non-hydrogen) atoms. The number of hydrogen-bond donors (Lipinski definition) is 1. The third kappa shape index (κ3) is 4.61. The molecule has 0 fully saturated rings. The molecule has 2 unspecified atom stereocenters. The third-order valence-electron chi connectivity index (χ3n) is 5.63. The van der Waals surface area contributed by atoms with E-state index in [1.54, 1.807) is 31.2 Å². The number of amides is 1. The molecule has 1 aliphatic heterocycles. The maximum absolute atomic E-state index is 13.7. The fourth-order valence-electron chi connectivity index (χ4n) is 4.02. The van der Waals surface area contributed by atoms with Gasteiger partial charge in [0.05, 0.1) is 28.1 Å². The first-order chi connectivity index (χ1) is 15.7. The number of para-hydroxylation sites is 1. The van der Waals surface area contributed by atoms with Crippen LogP contribution in [0.15, 0.2) is 77.7 Å². The van der Waals surface area contributed by atoms with Crippen molar-refractivity contribution in [1.29, 1.82) is 0 Å². The third-order valence-corrected chi connectivity index (χ3v) is 6.88. The van der Waals surface area contributed by atoms with Gasteiger partial charge in [0.2, 0.25) is 5.91 Å². The largest absolute Gasteiger partial charge is 0.478 e. The predicted octanol–water partition coefficient (Wildman–Crippen LogP) is 6.21. The van der Waals surface area contributed by atoms with Crippen molar-refractivity contribution >= 4 is 29.3 Å². The molecule has 1 aliphatic rings. The maximum Gasteiger partial charge on any atom is 0.416 e. The highest BCUT2D eigenvalue weighted by molar-refractivity contribution is 8.01. The minimum absolute atomic E-state index is 0.0321. The summed E-state index contributed by atoms with van der Waals surface area (Å²) in [6.45, 7) is 1.61. The Labute approximate surface area is 193 Å². The van der Waals surface area contributed by atoms with Gasteiger partial charge in [-0.05, 0) is 54.8 Å². The Morgan fingerprint density at radius 2 is 1.67 bits per heavy atom. The average molecular weight is 472 g/mol. The van der Waals surface area contributed by atoms with Crippen molar-refractivity contribution < 1.29 is 27.9 Å². The molecule has 4 nitrogen and oxygen atoms in total. The number of carbonyl (C=O) groups excluding carboxylic acids is 1. The number of aromatic carboxylic acids is 1. The van der Waals surface area contributed by atoms with E-state index in [1.165, 1.54) is 47.0 Å². The molecule has 1 amide bonds. The van der Waals surface area contributed by atoms with Crippen molar-refractivity contribution in [2.24, 2.45) is 0 Å². The van der Waals surface area contributed by atoms with Gasteiger partial charge in [-0.2, -0.15) is 13.2 Å². The summed E-state index contributed by atoms with van der Waals surface area (Å²) in [7, 11) is 0. The molecule has 1 N–H and O–H groups in total. The van der Waals surface area contributed by atoms with Gasteiger partial charge in [0.25, 0.3) is 0 Å². The molecule has 8 heteroatoms. The lowest BCUT2D eigenvalue weighted by Crippen LogP contribution is -2.43. The summed E-state index contributed by atoms with van der Waals surface area (Å²) in [5.41, 5.74) is 0.764. The van der Waals surface area contributed by atoms with Gasteiger partial charge >= 0.3 is 12.1 Å². The summed E-state index contributed by atoms with van der Waals surface area (Å²) < 4.78 is 41.0. The van der Waals surface area contributed by atoms with Gasteiger partial charge in [-0.15, -0.1) is 11.8 Å². The van der Waals surface area contributed by atoms with Crippen LogP contribution in [0.2, 0.25) is 0 Å². The molecule has 4 rings (SSSR count). The van der Waals surface area contributed by atoms with Crippen molar-refractivity contribution in [2.45, 2.75) is 35.7 Å². The first kappa shape index (κ1) is 22.9. The molecule has 3 aromatic rings. The van der Waals surface area contributed by atoms with Crippen LogP contribution in [0.1, 0.15) is 40.0 Å². The molecule has 0 aromatic heterocycles. The number of thioether (sulfide) groups is 1. The van der Waals surface area contributed by atoms with Gasteiger partial charge in [-0.3, -0.25) is 4.79 Å². The van der Waals surface area contributed by atoms with Gasteiger partial charge < -0.3 is 10.0 Å². The molecule has 3 aromatic carbocycles. The standard InChI is InChI=1S/C25H20F3NO3S/c1-15(18-6-2-3-7-19(18)25(26,27)28)29-20-8-4-5-9-21(20)33-22(23(29)30)14-16-10-12-17(13-11-16)24(31)32/h2-13,15,22H,14H2,1H3,(H,31,32). The van der Waals surface area contributed by atoms with Gasteiger partial charge in [0, 0.05) is 4.90 Å². The number of alkyl halides is 3. The summed E-state index contributed by atoms with van der Waals surface area (Å²) >= 11 is 1.37. The molecule has 1 heterocycles. The number of anilines is 1. The fraction of sp³-hybridized carbons (Fsp3) is 0.200. The number of carboxylic acid groups (broad SMARTS) is 1. The summed E-state index contributed by atoms with van der Waals surface area (Å²) in [5, 5.41) is 8.53. The molecular formula is C25H20F3NO3S. The lowest BCUT2D eigenvalue weighted by Gasteiger charge is -2.38. The summed E-state index contributed by atoms with van der Waals surface area (Å²) in [6, 6.07) is 17.9. The highest BCUT2D eigenvalue weighted by atomic mass is 32.2. The number of carbonyl (C=O) groups is 2. The summed E-state index contributed by atoms with van der Waals surface area (Å²) in [5.74, 6) is -1.33. The minimum atomic E-state index is -4.54. The van der Waals surface area contributed by atoms with E-state index in [0.29, 0.717) is 12.1 Å². The Balaban J connectivity index is 1.71. The van der Waals surface area contributed by atoms with Crippen molar-refractivity contribution in [3.8, 4) is 0 Å². The van der Waals surface area contributed by atoms with Crippen LogP contribution in [-0.2, 0) is 17.4 Å². The normalized spacial score (nSPS) is 16.9. The monoisotopic (exact) mass is 471 g/mol. The quantitative estimate of drug-likeness (QED) is 0.480. The highest BCUT2D eigenvalue weighted by Gasteiger charge is 2.40. The molecule has 0 saturated carbocycles. The second-order valence-electron chi connectivity index (χ2n) is 7.75. The summed E-state index contributed by atoms with van der Waals surface area (Å²) in [4.78, 5) is 26.9. The first-order valence-electron chi connectivity index (χ1n) is 10.2. The first-order valence-corrected chi connectivity index (χ1v) is 11.1. The van der Waals surface area contributed by atoms with E-state index >= 15 is 0 Å². The zero-order valence-corrected chi connectivity index (χ0v) is 18.4. The Bertz CT molecular complexity index is 1190. The number of rotatable bonds is 5. The molecule has 0 spiro atoms. The van der Waals surface area contributed by atoms with Crippen LogP contribution in [0.4, 0.5) is 18.9 Å². The van der Waals surface area contributed by atoms with Gasteiger partial charge in [-0.1, -0.05) is 42.5 Å². The van der Waals surface area contributed by atoms with Gasteiger partial charge in [-0.25, -0.2) is 4.79 Å². The summed E-state index contributed by atoms with van der Waals surface area (Å²) in [6.07, 6.45) is -4.22. The number of halogens is 3. The number of carboxylic acids is 1. The predicted molar refractivity (Wildman–Crippen MR) is 121 cm³/mol. The highest BCUT2D eigenvalue weighted by Crippen LogP contribution is 2.45. The lowest BCUT2D eigenvalue weighted by atomic mass is 9.98. The molecular weight excluding hydrogens is 451 g/mol. The van der Waals surface area contributed by atoms with Crippen LogP contribution in [-0.4, -0.2) is 22.2 Å². The Morgan fingerprint density at radius 1 is 1.03 bits per heavy atom. The number of nitrogens with zero attached hydrogens (tertiary/aromatic N) is 1. The van der Waals surface area contributed by atoms with Crippen LogP contribution >= 0.6 is 11.8 Å². The van der Waals surface area contributed by atoms with E-state index in [9.17, 15) is 22.8 Å². The number of fused-ring (bicyclic) bond motifs is 1. The van der Waals surface area contributed by atoms with Crippen LogP contribution in [0.3, 0.4) is 0 Å². The van der Waals surface area contributed by atoms with Gasteiger partial charge in [0.15, 0.2) is 0 Å². The zero-order chi connectivity index (χ0) is 23.8. The van der Waals surface area contributed by atoms with Gasteiger partial charge in [0.1, 0.15) is 0 Å². The SMILES string of the molecule is CC(c1ccccc1C(F)(F)F)N1C(=O)C(Cc2ccc(C(=O)O)cc2)Sc2ccccc21. The van der Waals surface area contributed by atoms with E-state index in [1.807, 2.05) is 12.1 Å². The molecule has 0 bridgehead atoms. The minimum Gasteiger partial charge on any atom is -0.478 e. The van der Waals surface area contributed by atoms with Crippen molar-refractivity contribution in [3.05, 3.63) is 95.1 Å². The second kappa shape index (κ2) is 8.94. The van der Waals surface area contributed by atoms with Crippen molar-refractivity contribution in [1.82, 2.24) is 0 Å². The Kier molecular flexibility index (Phi) is 6.21. The molecule has 0 aliphatic carbocycles. The van der Waals surface area contributed by atoms with E-state index in [0.717, 1.165) is 16.5 Å². The topological polar surface area (TPSA) is 57.6 Å². The second-order valence-corrected chi connectivity index (χ2v) is 8.99. The van der Waals surface area contributed by atoms with Crippen molar-refractivity contribution in [2.75, 3.05) is 4.90 Å². The zero-order valence-electron chi connectivity index (χ0n) is 17.5. The lowest BCUT2D eigenvalue weighted by molar-refractivity contribution is -0.138. The fourth-order valence-corrected chi connectivity index (χ4v) is 5.26. The molecule has 0 saturated heterocycles. The average Bonchev–Trinajstić information content (AvgIpc) is 2.79. The molecule has 0 radical (unpaired) electrons. The van der Waals surface area contributed by atoms with Crippen molar-refractivity contribution in [3.63, 3.8) is 0 Å². The smallest absolute Gasteiger partial charge is 0.416 e. The number of benzene rings is 3. The van der Waals surface area contributed by atoms with E-state index in [-0.39, 0.29) is 17.0 Å². The van der Waals surface area contributed by atoms with Crippen LogP contribution < -0.4 is 4.90 Å². The molecule has 170 valence electrons. The van der Waals surface area contributed by atoms with E-state index in [4.69, 9.17) is 5.11 Å². The number of hydrogen-bond acceptors (Lipinski definition) is 3. The Hall–Kier alpha value is -3.26. The van der Waals surface area contributed by atoms with Crippen LogP contribution in [0.5, 0.6) is 0 Å². The van der Waals surface area contributed by atoms with E-state index in [2.05, 4.69) is 0 Å². The van der Waals surface area contributed by atoms with Crippen LogP contribution in [0.25, 0.3) is 0 Å². The van der Waals surface area contributed by atoms with Crippen LogP contribution in [0, 0.1) is 0 Å². The Morgan fingerprint density at radius 3 is 2.33 bits per heavy atom.